The van der Waals surface area contributed by atoms with E-state index in [9.17, 15) is 4.79 Å². The fourth-order valence-electron chi connectivity index (χ4n) is 1.15. The maximum absolute atomic E-state index is 11.7. The molecule has 1 aromatic carbocycles. The van der Waals surface area contributed by atoms with Gasteiger partial charge < -0.3 is 0 Å². The number of halogens is 2. The first-order valence-electron chi connectivity index (χ1n) is 4.72. The molecule has 4 heteroatoms. The zero-order valence-corrected chi connectivity index (χ0v) is 11.4. The first kappa shape index (κ1) is 13.2. The van der Waals surface area contributed by atoms with Crippen molar-refractivity contribution in [3.63, 3.8) is 0 Å². The fourth-order valence-corrected chi connectivity index (χ4v) is 1.53. The van der Waals surface area contributed by atoms with Crippen LogP contribution in [-0.2, 0) is 11.2 Å². The Morgan fingerprint density at radius 3 is 2.62 bits per heavy atom. The number of alkyl halides is 1. The quantitative estimate of drug-likeness (QED) is 0.606. The van der Waals surface area contributed by atoms with E-state index in [0.717, 1.165) is 5.56 Å². The standard InChI is InChI=1S/C12H11BrClNO/c1-12(2,13)11(16)7-8-4-5-10(15-3)9(14)6-8/h4-6H,7H2,1-2H3. The van der Waals surface area contributed by atoms with Crippen molar-refractivity contribution in [3.8, 4) is 0 Å². The van der Waals surface area contributed by atoms with Gasteiger partial charge in [-0.1, -0.05) is 45.7 Å². The van der Waals surface area contributed by atoms with Crippen LogP contribution in [-0.4, -0.2) is 10.1 Å². The zero-order valence-electron chi connectivity index (χ0n) is 9.05. The maximum atomic E-state index is 11.7. The van der Waals surface area contributed by atoms with E-state index in [1.54, 1.807) is 18.2 Å². The minimum atomic E-state index is -0.530. The van der Waals surface area contributed by atoms with Gasteiger partial charge in [-0.25, -0.2) is 4.85 Å². The molecule has 2 nitrogen and oxygen atoms in total. The lowest BCUT2D eigenvalue weighted by Crippen LogP contribution is -2.25. The van der Waals surface area contributed by atoms with Gasteiger partial charge in [0.2, 0.25) is 5.69 Å². The Morgan fingerprint density at radius 1 is 1.56 bits per heavy atom. The van der Waals surface area contributed by atoms with Crippen molar-refractivity contribution >= 4 is 39.0 Å². The molecule has 0 aliphatic rings. The van der Waals surface area contributed by atoms with Gasteiger partial charge in [-0.05, 0) is 19.4 Å². The van der Waals surface area contributed by atoms with E-state index >= 15 is 0 Å². The molecule has 0 radical (unpaired) electrons. The van der Waals surface area contributed by atoms with Crippen molar-refractivity contribution < 1.29 is 4.79 Å². The normalized spacial score (nSPS) is 10.9. The number of Topliss-reactive ketones (excluding diaryl/α,β-unsaturated/α-hetero) is 1. The minimum Gasteiger partial charge on any atom is -0.298 e. The number of nitrogens with zero attached hydrogens (tertiary/aromatic N) is 1. The Hall–Kier alpha value is -0.850. The first-order chi connectivity index (χ1) is 7.34. The molecule has 84 valence electrons. The molecule has 0 aliphatic heterocycles. The second-order valence-electron chi connectivity index (χ2n) is 3.97. The van der Waals surface area contributed by atoms with Crippen molar-refractivity contribution in [2.24, 2.45) is 0 Å². The maximum Gasteiger partial charge on any atom is 0.205 e. The molecular formula is C12H11BrClNO. The summed E-state index contributed by atoms with van der Waals surface area (Å²) in [5.74, 6) is 0.0825. The molecule has 0 N–H and O–H groups in total. The zero-order chi connectivity index (χ0) is 12.3. The van der Waals surface area contributed by atoms with Crippen LogP contribution in [0.25, 0.3) is 4.85 Å². The third-order valence-electron chi connectivity index (χ3n) is 2.16. The molecule has 0 aliphatic carbocycles. The predicted octanol–water partition coefficient (Wildman–Crippen LogP) is 4.18. The predicted molar refractivity (Wildman–Crippen MR) is 69.4 cm³/mol. The van der Waals surface area contributed by atoms with E-state index in [-0.39, 0.29) is 5.78 Å². The highest BCUT2D eigenvalue weighted by Crippen LogP contribution is 2.27. The van der Waals surface area contributed by atoms with Gasteiger partial charge in [0, 0.05) is 11.4 Å². The van der Waals surface area contributed by atoms with Gasteiger partial charge in [0.05, 0.1) is 10.9 Å². The molecule has 16 heavy (non-hydrogen) atoms. The summed E-state index contributed by atoms with van der Waals surface area (Å²) >= 11 is 9.21. The van der Waals surface area contributed by atoms with E-state index < -0.39 is 4.32 Å². The third kappa shape index (κ3) is 3.33. The second kappa shape index (κ2) is 4.99. The first-order valence-corrected chi connectivity index (χ1v) is 5.90. The monoisotopic (exact) mass is 299 g/mol. The lowest BCUT2D eigenvalue weighted by molar-refractivity contribution is -0.119. The molecule has 0 bridgehead atoms. The summed E-state index contributed by atoms with van der Waals surface area (Å²) in [5, 5.41) is 0.396. The molecular weight excluding hydrogens is 289 g/mol. The Labute approximate surface area is 109 Å². The Balaban J connectivity index is 2.89. The minimum absolute atomic E-state index is 0.0825. The van der Waals surface area contributed by atoms with Gasteiger partial charge in [-0.15, -0.1) is 0 Å². The number of carbonyl (C=O) groups is 1. The lowest BCUT2D eigenvalue weighted by atomic mass is 10.0. The van der Waals surface area contributed by atoms with Crippen LogP contribution in [0.3, 0.4) is 0 Å². The number of benzene rings is 1. The molecule has 0 heterocycles. The van der Waals surface area contributed by atoms with E-state index in [2.05, 4.69) is 20.8 Å². The number of carbonyl (C=O) groups excluding carboxylic acids is 1. The molecule has 0 saturated heterocycles. The second-order valence-corrected chi connectivity index (χ2v) is 6.36. The Morgan fingerprint density at radius 2 is 2.19 bits per heavy atom. The van der Waals surface area contributed by atoms with Gasteiger partial charge in [-0.3, -0.25) is 4.79 Å². The van der Waals surface area contributed by atoms with Crippen molar-refractivity contribution in [3.05, 3.63) is 40.2 Å². The van der Waals surface area contributed by atoms with Gasteiger partial charge in [0.1, 0.15) is 0 Å². The van der Waals surface area contributed by atoms with Gasteiger partial charge in [0.15, 0.2) is 5.78 Å². The number of hydrogen-bond donors (Lipinski definition) is 0. The molecule has 0 spiro atoms. The van der Waals surface area contributed by atoms with Crippen LogP contribution in [0.4, 0.5) is 5.69 Å². The lowest BCUT2D eigenvalue weighted by Gasteiger charge is -2.14. The van der Waals surface area contributed by atoms with Crippen LogP contribution in [0.1, 0.15) is 19.4 Å². The summed E-state index contributed by atoms with van der Waals surface area (Å²) in [4.78, 5) is 15.0. The van der Waals surface area contributed by atoms with E-state index in [4.69, 9.17) is 18.2 Å². The summed E-state index contributed by atoms with van der Waals surface area (Å²) in [6.07, 6.45) is 0.316. The number of hydrogen-bond acceptors (Lipinski definition) is 1. The third-order valence-corrected chi connectivity index (χ3v) is 2.91. The summed E-state index contributed by atoms with van der Waals surface area (Å²) < 4.78 is -0.530. The molecule has 1 aromatic rings. The highest BCUT2D eigenvalue weighted by Gasteiger charge is 2.23. The van der Waals surface area contributed by atoms with Gasteiger partial charge >= 0.3 is 0 Å². The van der Waals surface area contributed by atoms with Crippen LogP contribution in [0.15, 0.2) is 18.2 Å². The molecule has 0 saturated carbocycles. The van der Waals surface area contributed by atoms with E-state index in [0.29, 0.717) is 17.1 Å². The SMILES string of the molecule is [C-]#[N+]c1ccc(CC(=O)C(C)(C)Br)cc1Cl. The molecule has 1 rings (SSSR count). The number of rotatable bonds is 3. The highest BCUT2D eigenvalue weighted by molar-refractivity contribution is 9.10. The molecule has 0 atom stereocenters. The molecule has 0 aromatic heterocycles. The van der Waals surface area contributed by atoms with Crippen LogP contribution in [0.2, 0.25) is 5.02 Å². The smallest absolute Gasteiger partial charge is 0.205 e. The topological polar surface area (TPSA) is 21.4 Å². The van der Waals surface area contributed by atoms with Crippen molar-refractivity contribution in [2.75, 3.05) is 0 Å². The Kier molecular flexibility index (Phi) is 4.12. The summed E-state index contributed by atoms with van der Waals surface area (Å²) in [6.45, 7) is 10.5. The largest absolute Gasteiger partial charge is 0.298 e. The van der Waals surface area contributed by atoms with Crippen molar-refractivity contribution in [1.29, 1.82) is 0 Å². The van der Waals surface area contributed by atoms with Crippen molar-refractivity contribution in [2.45, 2.75) is 24.6 Å². The van der Waals surface area contributed by atoms with Crippen LogP contribution in [0, 0.1) is 6.57 Å². The number of ketones is 1. The fraction of sp³-hybridized carbons (Fsp3) is 0.333. The molecule has 0 fully saturated rings. The molecule has 0 amide bonds. The van der Waals surface area contributed by atoms with Gasteiger partial charge in [0.25, 0.3) is 0 Å². The summed E-state index contributed by atoms with van der Waals surface area (Å²) in [6, 6.07) is 5.07. The van der Waals surface area contributed by atoms with Crippen LogP contribution >= 0.6 is 27.5 Å². The Bertz CT molecular complexity index is 457. The van der Waals surface area contributed by atoms with E-state index in [1.807, 2.05) is 13.8 Å². The van der Waals surface area contributed by atoms with Gasteiger partial charge in [-0.2, -0.15) is 0 Å². The average Bonchev–Trinajstić information content (AvgIpc) is 2.16. The summed E-state index contributed by atoms with van der Waals surface area (Å²) in [7, 11) is 0. The average molecular weight is 301 g/mol. The van der Waals surface area contributed by atoms with Crippen molar-refractivity contribution in [1.82, 2.24) is 0 Å². The van der Waals surface area contributed by atoms with Crippen LogP contribution in [0.5, 0.6) is 0 Å². The summed E-state index contributed by atoms with van der Waals surface area (Å²) in [5.41, 5.74) is 1.24. The van der Waals surface area contributed by atoms with Crippen LogP contribution < -0.4 is 0 Å². The van der Waals surface area contributed by atoms with E-state index in [1.165, 1.54) is 0 Å². The molecule has 0 unspecified atom stereocenters. The highest BCUT2D eigenvalue weighted by atomic mass is 79.9.